The van der Waals surface area contributed by atoms with Gasteiger partial charge in [-0.25, -0.2) is 0 Å². The van der Waals surface area contributed by atoms with E-state index < -0.39 is 11.9 Å². The van der Waals surface area contributed by atoms with Gasteiger partial charge in [-0.3, -0.25) is 9.59 Å². The van der Waals surface area contributed by atoms with Gasteiger partial charge in [0.1, 0.15) is 6.07 Å². The van der Waals surface area contributed by atoms with Gasteiger partial charge in [0.25, 0.3) is 0 Å². The first kappa shape index (κ1) is 17.0. The number of nitrogens with two attached hydrogens (primary N) is 1. The highest BCUT2D eigenvalue weighted by molar-refractivity contribution is 6.31. The molecule has 1 aromatic carbocycles. The van der Waals surface area contributed by atoms with E-state index >= 15 is 0 Å². The second-order valence-corrected chi connectivity index (χ2v) is 5.25. The third-order valence-corrected chi connectivity index (χ3v) is 3.14. The van der Waals surface area contributed by atoms with Crippen LogP contribution in [-0.4, -0.2) is 24.4 Å². The number of hydrogen-bond acceptors (Lipinski definition) is 4. The molecule has 0 fully saturated rings. The van der Waals surface area contributed by atoms with Gasteiger partial charge in [-0.05, 0) is 24.1 Å². The van der Waals surface area contributed by atoms with Crippen LogP contribution in [0.25, 0.3) is 0 Å². The number of carbonyl (C=O) groups is 2. The molecule has 0 bridgehead atoms. The Morgan fingerprint density at radius 3 is 2.67 bits per heavy atom. The quantitative estimate of drug-likeness (QED) is 0.760. The van der Waals surface area contributed by atoms with E-state index in [1.807, 2.05) is 19.9 Å². The maximum atomic E-state index is 11.7. The van der Waals surface area contributed by atoms with Gasteiger partial charge in [-0.1, -0.05) is 25.4 Å². The average molecular weight is 309 g/mol. The number of rotatable bonds is 5. The normalized spacial score (nSPS) is 11.6. The zero-order valence-corrected chi connectivity index (χ0v) is 12.6. The molecule has 0 radical (unpaired) electrons. The largest absolute Gasteiger partial charge is 0.346 e. The molecule has 1 rings (SSSR count). The second-order valence-electron chi connectivity index (χ2n) is 4.84. The van der Waals surface area contributed by atoms with E-state index in [0.29, 0.717) is 10.7 Å². The Hall–Kier alpha value is -2.10. The van der Waals surface area contributed by atoms with Crippen molar-refractivity contribution in [3.8, 4) is 6.07 Å². The van der Waals surface area contributed by atoms with E-state index in [1.165, 1.54) is 12.1 Å². The third-order valence-electron chi connectivity index (χ3n) is 2.81. The predicted octanol–water partition coefficient (Wildman–Crippen LogP) is 1.25. The number of nitrogens with one attached hydrogen (secondary N) is 2. The van der Waals surface area contributed by atoms with Gasteiger partial charge in [-0.15, -0.1) is 0 Å². The smallest absolute Gasteiger partial charge is 0.243 e. The van der Waals surface area contributed by atoms with Crippen molar-refractivity contribution in [2.45, 2.75) is 19.9 Å². The number of benzene rings is 1. The molecule has 0 spiro atoms. The summed E-state index contributed by atoms with van der Waals surface area (Å²) in [5, 5.41) is 14.2. The minimum atomic E-state index is -0.654. The van der Waals surface area contributed by atoms with E-state index in [-0.39, 0.29) is 23.9 Å². The third kappa shape index (κ3) is 5.06. The number of nitriles is 1. The van der Waals surface area contributed by atoms with Crippen LogP contribution < -0.4 is 16.4 Å². The summed E-state index contributed by atoms with van der Waals surface area (Å²) in [7, 11) is 0. The Bertz CT molecular complexity index is 581. The van der Waals surface area contributed by atoms with Gasteiger partial charge in [0.2, 0.25) is 11.8 Å². The summed E-state index contributed by atoms with van der Waals surface area (Å²) in [4.78, 5) is 23.3. The molecule has 1 aromatic rings. The van der Waals surface area contributed by atoms with Crippen LogP contribution in [0.1, 0.15) is 19.4 Å². The number of hydrogen-bond donors (Lipinski definition) is 3. The van der Waals surface area contributed by atoms with Gasteiger partial charge in [0.15, 0.2) is 0 Å². The van der Waals surface area contributed by atoms with Crippen LogP contribution in [-0.2, 0) is 9.59 Å². The van der Waals surface area contributed by atoms with Crippen molar-refractivity contribution in [1.29, 1.82) is 5.26 Å². The summed E-state index contributed by atoms with van der Waals surface area (Å²) in [5.74, 6) is -0.804. The molecular formula is C14H17ClN4O2. The maximum absolute atomic E-state index is 11.7. The zero-order chi connectivity index (χ0) is 16.0. The molecule has 0 saturated heterocycles. The maximum Gasteiger partial charge on any atom is 0.243 e. The van der Waals surface area contributed by atoms with Crippen molar-refractivity contribution < 1.29 is 9.59 Å². The van der Waals surface area contributed by atoms with Crippen LogP contribution in [0.15, 0.2) is 18.2 Å². The minimum Gasteiger partial charge on any atom is -0.346 e. The fourth-order valence-electron chi connectivity index (χ4n) is 1.48. The molecule has 0 unspecified atom stereocenters. The van der Waals surface area contributed by atoms with E-state index in [9.17, 15) is 9.59 Å². The second kappa shape index (κ2) is 7.62. The average Bonchev–Trinajstić information content (AvgIpc) is 2.45. The van der Waals surface area contributed by atoms with Gasteiger partial charge >= 0.3 is 0 Å². The summed E-state index contributed by atoms with van der Waals surface area (Å²) in [5.41, 5.74) is 6.36. The van der Waals surface area contributed by atoms with Gasteiger partial charge in [-0.2, -0.15) is 5.26 Å². The molecule has 6 nitrogen and oxygen atoms in total. The number of anilines is 1. The zero-order valence-electron chi connectivity index (χ0n) is 11.8. The summed E-state index contributed by atoms with van der Waals surface area (Å²) in [6, 6.07) is 5.81. The van der Waals surface area contributed by atoms with E-state index in [1.54, 1.807) is 6.07 Å². The van der Waals surface area contributed by atoms with Crippen molar-refractivity contribution >= 4 is 29.1 Å². The van der Waals surface area contributed by atoms with Crippen LogP contribution >= 0.6 is 11.6 Å². The summed E-state index contributed by atoms with van der Waals surface area (Å²) in [6.07, 6.45) is 0. The molecule has 2 amide bonds. The van der Waals surface area contributed by atoms with Crippen LogP contribution in [0.4, 0.5) is 5.69 Å². The van der Waals surface area contributed by atoms with Crippen molar-refractivity contribution in [2.24, 2.45) is 11.7 Å². The topological polar surface area (TPSA) is 108 Å². The first-order valence-corrected chi connectivity index (χ1v) is 6.75. The van der Waals surface area contributed by atoms with Crippen LogP contribution in [0.2, 0.25) is 5.02 Å². The molecule has 1 atom stereocenters. The molecule has 0 aliphatic heterocycles. The highest BCUT2D eigenvalue weighted by Gasteiger charge is 2.17. The van der Waals surface area contributed by atoms with Crippen molar-refractivity contribution in [1.82, 2.24) is 5.32 Å². The fourth-order valence-corrected chi connectivity index (χ4v) is 1.64. The lowest BCUT2D eigenvalue weighted by atomic mass is 10.1. The standard InChI is InChI=1S/C14H17ClN4O2/c1-8(2)13(17)14(21)18-7-12(20)19-10-3-4-11(15)9(5-10)6-16/h3-5,8,13H,7,17H2,1-2H3,(H,18,21)(H,19,20)/t13-/m0/s1. The predicted molar refractivity (Wildman–Crippen MR) is 80.6 cm³/mol. The minimum absolute atomic E-state index is 0.0116. The summed E-state index contributed by atoms with van der Waals surface area (Å²) < 4.78 is 0. The molecule has 7 heteroatoms. The van der Waals surface area contributed by atoms with Gasteiger partial charge in [0, 0.05) is 5.69 Å². The SMILES string of the molecule is CC(C)[C@H](N)C(=O)NCC(=O)Nc1ccc(Cl)c(C#N)c1. The Kier molecular flexibility index (Phi) is 6.15. The summed E-state index contributed by atoms with van der Waals surface area (Å²) in [6.45, 7) is 3.45. The van der Waals surface area contributed by atoms with Gasteiger partial charge in [0.05, 0.1) is 23.2 Å². The first-order valence-electron chi connectivity index (χ1n) is 6.38. The molecule has 4 N–H and O–H groups in total. The first-order chi connectivity index (χ1) is 9.85. The molecule has 112 valence electrons. The number of carbonyl (C=O) groups excluding carboxylic acids is 2. The monoisotopic (exact) mass is 308 g/mol. The van der Waals surface area contributed by atoms with E-state index in [0.717, 1.165) is 0 Å². The lowest BCUT2D eigenvalue weighted by Gasteiger charge is -2.15. The lowest BCUT2D eigenvalue weighted by Crippen LogP contribution is -2.46. The lowest BCUT2D eigenvalue weighted by molar-refractivity contribution is -0.125. The van der Waals surface area contributed by atoms with Crippen molar-refractivity contribution in [2.75, 3.05) is 11.9 Å². The fraction of sp³-hybridized carbons (Fsp3) is 0.357. The highest BCUT2D eigenvalue weighted by atomic mass is 35.5. The van der Waals surface area contributed by atoms with Crippen LogP contribution in [0, 0.1) is 17.2 Å². The Morgan fingerprint density at radius 1 is 1.43 bits per heavy atom. The van der Waals surface area contributed by atoms with Crippen LogP contribution in [0.3, 0.4) is 0 Å². The highest BCUT2D eigenvalue weighted by Crippen LogP contribution is 2.19. The van der Waals surface area contributed by atoms with Gasteiger partial charge < -0.3 is 16.4 Å². The Morgan fingerprint density at radius 2 is 2.10 bits per heavy atom. The molecule has 0 heterocycles. The molecule has 0 saturated carbocycles. The number of halogens is 1. The molecule has 0 aromatic heterocycles. The van der Waals surface area contributed by atoms with Crippen LogP contribution in [0.5, 0.6) is 0 Å². The Labute approximate surface area is 128 Å². The Balaban J connectivity index is 2.55. The van der Waals surface area contributed by atoms with Crippen molar-refractivity contribution in [3.63, 3.8) is 0 Å². The van der Waals surface area contributed by atoms with Crippen molar-refractivity contribution in [3.05, 3.63) is 28.8 Å². The molecular weight excluding hydrogens is 292 g/mol. The number of amides is 2. The number of nitrogens with zero attached hydrogens (tertiary/aromatic N) is 1. The van der Waals surface area contributed by atoms with E-state index in [4.69, 9.17) is 22.6 Å². The van der Waals surface area contributed by atoms with E-state index in [2.05, 4.69) is 10.6 Å². The summed E-state index contributed by atoms with van der Waals surface area (Å²) >= 11 is 5.79. The molecule has 0 aliphatic carbocycles. The molecule has 21 heavy (non-hydrogen) atoms. The molecule has 0 aliphatic rings.